The van der Waals surface area contributed by atoms with Gasteiger partial charge >= 0.3 is 0 Å². The van der Waals surface area contributed by atoms with E-state index in [0.717, 1.165) is 11.4 Å². The molecule has 3 nitrogen and oxygen atoms in total. The van der Waals surface area contributed by atoms with Gasteiger partial charge in [0.25, 0.3) is 0 Å². The zero-order valence-electron chi connectivity index (χ0n) is 18.7. The van der Waals surface area contributed by atoms with Crippen LogP contribution < -0.4 is 4.74 Å². The highest BCUT2D eigenvalue weighted by atomic mass is 16.5. The number of benzene rings is 1. The van der Waals surface area contributed by atoms with Gasteiger partial charge < -0.3 is 4.74 Å². The molecule has 160 valence electrons. The van der Waals surface area contributed by atoms with Crippen molar-refractivity contribution in [3.8, 4) is 17.1 Å². The Morgan fingerprint density at radius 2 is 1.60 bits per heavy atom. The average molecular weight is 405 g/mol. The van der Waals surface area contributed by atoms with E-state index < -0.39 is 0 Å². The van der Waals surface area contributed by atoms with E-state index in [1.54, 1.807) is 12.4 Å². The van der Waals surface area contributed by atoms with Gasteiger partial charge in [-0.05, 0) is 68.3 Å². The molecule has 1 aromatic heterocycles. The Kier molecular flexibility index (Phi) is 6.55. The molecule has 3 aliphatic carbocycles. The van der Waals surface area contributed by atoms with Crippen molar-refractivity contribution in [2.75, 3.05) is 6.61 Å². The summed E-state index contributed by atoms with van der Waals surface area (Å²) in [5.41, 5.74) is 3.69. The second kappa shape index (κ2) is 9.32. The summed E-state index contributed by atoms with van der Waals surface area (Å²) in [5, 5.41) is 0. The fourth-order valence-corrected chi connectivity index (χ4v) is 5.57. The molecule has 30 heavy (non-hydrogen) atoms. The van der Waals surface area contributed by atoms with Crippen LogP contribution in [-0.2, 0) is 5.41 Å². The zero-order valence-corrected chi connectivity index (χ0v) is 18.7. The topological polar surface area (TPSA) is 35.0 Å². The van der Waals surface area contributed by atoms with Crippen LogP contribution in [0.3, 0.4) is 0 Å². The fraction of sp³-hybridized carbons (Fsp3) is 0.556. The van der Waals surface area contributed by atoms with Crippen molar-refractivity contribution in [2.45, 2.75) is 83.5 Å². The maximum Gasteiger partial charge on any atom is 0.159 e. The molecule has 2 bridgehead atoms. The van der Waals surface area contributed by atoms with Crippen molar-refractivity contribution < 1.29 is 4.74 Å². The molecule has 0 aliphatic heterocycles. The van der Waals surface area contributed by atoms with Crippen LogP contribution in [0.2, 0.25) is 0 Å². The molecule has 1 heterocycles. The molecule has 1 aromatic carbocycles. The second-order valence-corrected chi connectivity index (χ2v) is 9.44. The first kappa shape index (κ1) is 21.1. The number of hydrogen-bond donors (Lipinski definition) is 0. The summed E-state index contributed by atoms with van der Waals surface area (Å²) in [5.74, 6) is 1.47. The van der Waals surface area contributed by atoms with Gasteiger partial charge in [-0.1, -0.05) is 62.6 Å². The summed E-state index contributed by atoms with van der Waals surface area (Å²) < 4.78 is 5.60. The molecule has 0 atom stereocenters. The predicted molar refractivity (Wildman–Crippen MR) is 124 cm³/mol. The van der Waals surface area contributed by atoms with Crippen molar-refractivity contribution >= 4 is 0 Å². The molecule has 5 rings (SSSR count). The van der Waals surface area contributed by atoms with Crippen LogP contribution in [0.1, 0.15) is 83.6 Å². The Morgan fingerprint density at radius 3 is 2.20 bits per heavy atom. The van der Waals surface area contributed by atoms with Gasteiger partial charge in [-0.15, -0.1) is 0 Å². The molecule has 0 unspecified atom stereocenters. The van der Waals surface area contributed by atoms with Crippen molar-refractivity contribution in [3.63, 3.8) is 0 Å². The minimum Gasteiger partial charge on any atom is -0.486 e. The quantitative estimate of drug-likeness (QED) is 0.325. The standard InChI is InChI=1S/C27H36N2O/c1-3-5-7-12-26-13-16-27(17-14-26,18-15-26)23-10-8-22(9-11-23)25-28-20-24(21-29-25)30-19-6-4-2/h4,6,8-11,20-21H,3,5,7,12-19H2,1-2H3/b6-4+. The molecule has 3 aliphatic rings. The van der Waals surface area contributed by atoms with E-state index in [0.29, 0.717) is 23.2 Å². The lowest BCUT2D eigenvalue weighted by Crippen LogP contribution is -2.44. The molecule has 0 N–H and O–H groups in total. The number of hydrogen-bond acceptors (Lipinski definition) is 3. The molecule has 2 aromatic rings. The smallest absolute Gasteiger partial charge is 0.159 e. The van der Waals surface area contributed by atoms with Gasteiger partial charge in [-0.2, -0.15) is 0 Å². The minimum atomic E-state index is 0.413. The van der Waals surface area contributed by atoms with E-state index in [-0.39, 0.29) is 0 Å². The van der Waals surface area contributed by atoms with Gasteiger partial charge in [0, 0.05) is 5.56 Å². The zero-order chi connectivity index (χ0) is 20.9. The van der Waals surface area contributed by atoms with Crippen molar-refractivity contribution in [3.05, 3.63) is 54.4 Å². The third-order valence-electron chi connectivity index (χ3n) is 7.68. The lowest BCUT2D eigenvalue weighted by molar-refractivity contribution is 0.0305. The Bertz CT molecular complexity index is 814. The van der Waals surface area contributed by atoms with Crippen LogP contribution in [0.4, 0.5) is 0 Å². The minimum absolute atomic E-state index is 0.413. The predicted octanol–water partition coefficient (Wildman–Crippen LogP) is 7.27. The molecule has 0 spiro atoms. The lowest BCUT2D eigenvalue weighted by Gasteiger charge is -2.54. The maximum atomic E-state index is 5.60. The van der Waals surface area contributed by atoms with Crippen LogP contribution in [0, 0.1) is 5.41 Å². The number of ether oxygens (including phenoxy) is 1. The number of nitrogens with zero attached hydrogens (tertiary/aromatic N) is 2. The van der Waals surface area contributed by atoms with E-state index in [2.05, 4.69) is 41.2 Å². The van der Waals surface area contributed by atoms with Gasteiger partial charge in [0.05, 0.1) is 12.4 Å². The summed E-state index contributed by atoms with van der Waals surface area (Å²) in [6.07, 6.45) is 21.5. The average Bonchev–Trinajstić information content (AvgIpc) is 2.81. The van der Waals surface area contributed by atoms with E-state index in [1.165, 1.54) is 69.8 Å². The van der Waals surface area contributed by atoms with Crippen LogP contribution >= 0.6 is 0 Å². The third kappa shape index (κ3) is 4.45. The van der Waals surface area contributed by atoms with E-state index in [9.17, 15) is 0 Å². The molecule has 0 saturated heterocycles. The van der Waals surface area contributed by atoms with E-state index >= 15 is 0 Å². The Labute approximate surface area is 182 Å². The molecule has 0 amide bonds. The normalized spacial score (nSPS) is 25.7. The summed E-state index contributed by atoms with van der Waals surface area (Å²) in [6, 6.07) is 9.09. The Hall–Kier alpha value is -2.16. The molecule has 3 heteroatoms. The molecule has 3 fully saturated rings. The number of unbranched alkanes of at least 4 members (excludes halogenated alkanes) is 2. The summed E-state index contributed by atoms with van der Waals surface area (Å²) in [7, 11) is 0. The molecule has 3 saturated carbocycles. The summed E-state index contributed by atoms with van der Waals surface area (Å²) >= 11 is 0. The van der Waals surface area contributed by atoms with Crippen LogP contribution in [0.5, 0.6) is 5.75 Å². The highest BCUT2D eigenvalue weighted by Gasteiger charge is 2.48. The fourth-order valence-electron chi connectivity index (χ4n) is 5.57. The van der Waals surface area contributed by atoms with Crippen molar-refractivity contribution in [1.29, 1.82) is 0 Å². The number of rotatable bonds is 9. The largest absolute Gasteiger partial charge is 0.486 e. The first-order valence-corrected chi connectivity index (χ1v) is 11.9. The molecule has 0 radical (unpaired) electrons. The molecular weight excluding hydrogens is 368 g/mol. The number of fused-ring (bicyclic) bond motifs is 3. The number of aromatic nitrogens is 2. The van der Waals surface area contributed by atoms with Crippen LogP contribution in [0.15, 0.2) is 48.8 Å². The number of allylic oxidation sites excluding steroid dienone is 1. The Morgan fingerprint density at radius 1 is 0.933 bits per heavy atom. The second-order valence-electron chi connectivity index (χ2n) is 9.44. The van der Waals surface area contributed by atoms with Crippen molar-refractivity contribution in [2.24, 2.45) is 5.41 Å². The molecular formula is C27H36N2O. The van der Waals surface area contributed by atoms with Crippen LogP contribution in [-0.4, -0.2) is 16.6 Å². The lowest BCUT2D eigenvalue weighted by atomic mass is 9.51. The monoisotopic (exact) mass is 404 g/mol. The van der Waals surface area contributed by atoms with E-state index in [1.807, 2.05) is 19.1 Å². The van der Waals surface area contributed by atoms with Crippen molar-refractivity contribution in [1.82, 2.24) is 9.97 Å². The third-order valence-corrected chi connectivity index (χ3v) is 7.68. The first-order chi connectivity index (χ1) is 14.7. The van der Waals surface area contributed by atoms with Gasteiger partial charge in [0.15, 0.2) is 11.6 Å². The Balaban J connectivity index is 1.40. The maximum absolute atomic E-state index is 5.60. The summed E-state index contributed by atoms with van der Waals surface area (Å²) in [4.78, 5) is 9.00. The highest BCUT2D eigenvalue weighted by Crippen LogP contribution is 2.59. The van der Waals surface area contributed by atoms with Gasteiger partial charge in [-0.3, -0.25) is 0 Å². The summed E-state index contributed by atoms with van der Waals surface area (Å²) in [6.45, 7) is 4.85. The van der Waals surface area contributed by atoms with Gasteiger partial charge in [-0.25, -0.2) is 9.97 Å². The first-order valence-electron chi connectivity index (χ1n) is 11.9. The van der Waals surface area contributed by atoms with Gasteiger partial charge in [0.1, 0.15) is 6.61 Å². The highest BCUT2D eigenvalue weighted by molar-refractivity contribution is 5.56. The SMILES string of the molecule is C/C=C/COc1cnc(-c2ccc(C34CCC(CCCCC)(CC3)CC4)cc2)nc1. The van der Waals surface area contributed by atoms with E-state index in [4.69, 9.17) is 4.74 Å². The van der Waals surface area contributed by atoms with Gasteiger partial charge in [0.2, 0.25) is 0 Å². The van der Waals surface area contributed by atoms with Crippen LogP contribution in [0.25, 0.3) is 11.4 Å².